The van der Waals surface area contributed by atoms with Crippen LogP contribution in [0.2, 0.25) is 0 Å². The zero-order valence-electron chi connectivity index (χ0n) is 17.4. The molecule has 0 amide bonds. The van der Waals surface area contributed by atoms with Gasteiger partial charge in [-0.2, -0.15) is 0 Å². The Morgan fingerprint density at radius 2 is 1.43 bits per heavy atom. The van der Waals surface area contributed by atoms with Crippen molar-refractivity contribution in [1.82, 2.24) is 0 Å². The molecule has 4 rings (SSSR count). The van der Waals surface area contributed by atoms with Gasteiger partial charge in [0, 0.05) is 26.1 Å². The maximum atomic E-state index is 13.4. The summed E-state index contributed by atoms with van der Waals surface area (Å²) in [5.41, 5.74) is 2.13. The second-order valence-corrected chi connectivity index (χ2v) is 7.32. The van der Waals surface area contributed by atoms with E-state index in [-0.39, 0.29) is 11.5 Å². The van der Waals surface area contributed by atoms with Crippen molar-refractivity contribution < 1.29 is 19.4 Å². The van der Waals surface area contributed by atoms with Crippen LogP contribution in [0.5, 0.6) is 17.2 Å². The first-order chi connectivity index (χ1) is 14.6. The molecule has 0 bridgehead atoms. The molecule has 0 atom stereocenters. The highest BCUT2D eigenvalue weighted by molar-refractivity contribution is 7.22. The van der Waals surface area contributed by atoms with Crippen molar-refractivity contribution in [3.8, 4) is 27.7 Å². The van der Waals surface area contributed by atoms with Crippen LogP contribution in [-0.4, -0.2) is 25.1 Å². The van der Waals surface area contributed by atoms with E-state index in [2.05, 4.69) is 0 Å². The van der Waals surface area contributed by atoms with Gasteiger partial charge in [0.25, 0.3) is 0 Å². The first-order valence-corrected chi connectivity index (χ1v) is 10.5. The number of thiophene rings is 1. The minimum atomic E-state index is -0.0813. The van der Waals surface area contributed by atoms with Crippen LogP contribution in [0, 0.1) is 0 Å². The smallest absolute Gasteiger partial charge is 0.195 e. The van der Waals surface area contributed by atoms with Crippen LogP contribution >= 0.6 is 11.3 Å². The number of phenols is 1. The molecular formula is C25H24O4S. The van der Waals surface area contributed by atoms with E-state index >= 15 is 0 Å². The molecule has 0 aliphatic heterocycles. The fourth-order valence-electron chi connectivity index (χ4n) is 3.13. The van der Waals surface area contributed by atoms with Gasteiger partial charge in [-0.15, -0.1) is 11.3 Å². The van der Waals surface area contributed by atoms with Crippen LogP contribution in [0.1, 0.15) is 29.8 Å². The summed E-state index contributed by atoms with van der Waals surface area (Å²) in [5.74, 6) is 1.56. The van der Waals surface area contributed by atoms with Crippen LogP contribution in [0.4, 0.5) is 0 Å². The van der Waals surface area contributed by atoms with Gasteiger partial charge in [0.1, 0.15) is 17.2 Å². The van der Waals surface area contributed by atoms with Gasteiger partial charge in [0.15, 0.2) is 5.78 Å². The summed E-state index contributed by atoms with van der Waals surface area (Å²) in [5, 5.41) is 10.4. The van der Waals surface area contributed by atoms with Crippen molar-refractivity contribution in [2.75, 3.05) is 14.2 Å². The molecule has 0 spiro atoms. The Bertz CT molecular complexity index is 1140. The zero-order chi connectivity index (χ0) is 21.7. The molecule has 0 radical (unpaired) electrons. The summed E-state index contributed by atoms with van der Waals surface area (Å²) >= 11 is 1.56. The Morgan fingerprint density at radius 1 is 0.833 bits per heavy atom. The first-order valence-electron chi connectivity index (χ1n) is 9.69. The van der Waals surface area contributed by atoms with Gasteiger partial charge < -0.3 is 14.6 Å². The molecule has 0 aliphatic rings. The van der Waals surface area contributed by atoms with Gasteiger partial charge in [0.2, 0.25) is 0 Å². The Balaban J connectivity index is 0.00000124. The van der Waals surface area contributed by atoms with E-state index in [1.807, 2.05) is 56.3 Å². The van der Waals surface area contributed by atoms with Crippen molar-refractivity contribution in [2.45, 2.75) is 13.8 Å². The third-order valence-corrected chi connectivity index (χ3v) is 5.81. The van der Waals surface area contributed by atoms with E-state index in [0.717, 1.165) is 32.0 Å². The Labute approximate surface area is 180 Å². The van der Waals surface area contributed by atoms with Gasteiger partial charge in [0.05, 0.1) is 14.2 Å². The number of hydrogen-bond acceptors (Lipinski definition) is 5. The fourth-order valence-corrected chi connectivity index (χ4v) is 4.37. The third-order valence-electron chi connectivity index (χ3n) is 4.61. The molecule has 154 valence electrons. The summed E-state index contributed by atoms with van der Waals surface area (Å²) in [6, 6.07) is 19.7. The van der Waals surface area contributed by atoms with Gasteiger partial charge >= 0.3 is 0 Å². The lowest BCUT2D eigenvalue weighted by molar-refractivity contribution is 0.104. The predicted molar refractivity (Wildman–Crippen MR) is 123 cm³/mol. The number of aromatic hydroxyl groups is 1. The number of ether oxygens (including phenoxy) is 2. The van der Waals surface area contributed by atoms with E-state index < -0.39 is 0 Å². The molecule has 30 heavy (non-hydrogen) atoms. The summed E-state index contributed by atoms with van der Waals surface area (Å²) in [4.78, 5) is 14.3. The van der Waals surface area contributed by atoms with Gasteiger partial charge in [-0.25, -0.2) is 0 Å². The molecule has 0 saturated carbocycles. The van der Waals surface area contributed by atoms with Gasteiger partial charge in [-0.3, -0.25) is 4.79 Å². The zero-order valence-corrected chi connectivity index (χ0v) is 18.2. The van der Waals surface area contributed by atoms with Crippen LogP contribution in [0.25, 0.3) is 20.5 Å². The number of carbonyl (C=O) groups is 1. The van der Waals surface area contributed by atoms with Crippen molar-refractivity contribution in [2.24, 2.45) is 0 Å². The lowest BCUT2D eigenvalue weighted by Gasteiger charge is -2.06. The maximum absolute atomic E-state index is 13.4. The largest absolute Gasteiger partial charge is 0.508 e. The number of benzene rings is 3. The average molecular weight is 421 g/mol. The Morgan fingerprint density at radius 3 is 2.03 bits per heavy atom. The molecular weight excluding hydrogens is 396 g/mol. The highest BCUT2D eigenvalue weighted by Gasteiger charge is 2.22. The molecule has 0 aliphatic carbocycles. The molecule has 5 heteroatoms. The maximum Gasteiger partial charge on any atom is 0.195 e. The normalized spacial score (nSPS) is 10.3. The monoisotopic (exact) mass is 420 g/mol. The van der Waals surface area contributed by atoms with E-state index in [4.69, 9.17) is 9.47 Å². The fraction of sp³-hybridized carbons (Fsp3) is 0.160. The molecule has 3 aromatic carbocycles. The standard InChI is InChI=1S/C23H18O4S.C2H6/c1-26-17-9-5-15(6-10-17)23-21(22(25)14-3-7-16(24)8-4-14)19-12-11-18(27-2)13-20(19)28-23;1-2/h3-13,24H,1-2H3;1-2H3. The molecule has 4 aromatic rings. The molecule has 0 unspecified atom stereocenters. The third kappa shape index (κ3) is 4.16. The summed E-state index contributed by atoms with van der Waals surface area (Å²) < 4.78 is 11.6. The second kappa shape index (κ2) is 9.46. The average Bonchev–Trinajstić information content (AvgIpc) is 3.19. The number of fused-ring (bicyclic) bond motifs is 1. The second-order valence-electron chi connectivity index (χ2n) is 6.27. The van der Waals surface area contributed by atoms with Crippen LogP contribution in [0.3, 0.4) is 0 Å². The number of ketones is 1. The van der Waals surface area contributed by atoms with E-state index in [1.165, 1.54) is 12.1 Å². The molecule has 0 saturated heterocycles. The van der Waals surface area contributed by atoms with Gasteiger partial charge in [-0.05, 0) is 72.3 Å². The van der Waals surface area contributed by atoms with E-state index in [0.29, 0.717) is 11.1 Å². The van der Waals surface area contributed by atoms with E-state index in [1.54, 1.807) is 37.7 Å². The van der Waals surface area contributed by atoms with Crippen LogP contribution in [-0.2, 0) is 0 Å². The number of carbonyl (C=O) groups excluding carboxylic acids is 1. The molecule has 1 heterocycles. The number of hydrogen-bond donors (Lipinski definition) is 1. The SMILES string of the molecule is CC.COc1ccc(-c2sc3cc(OC)ccc3c2C(=O)c2ccc(O)cc2)cc1. The van der Waals surface area contributed by atoms with Crippen molar-refractivity contribution in [3.05, 3.63) is 77.9 Å². The van der Waals surface area contributed by atoms with Gasteiger partial charge in [-0.1, -0.05) is 13.8 Å². The molecule has 1 N–H and O–H groups in total. The number of methoxy groups -OCH3 is 2. The van der Waals surface area contributed by atoms with Crippen molar-refractivity contribution in [3.63, 3.8) is 0 Å². The van der Waals surface area contributed by atoms with Crippen LogP contribution in [0.15, 0.2) is 66.7 Å². The summed E-state index contributed by atoms with van der Waals surface area (Å²) in [7, 11) is 3.25. The minimum Gasteiger partial charge on any atom is -0.508 e. The predicted octanol–water partition coefficient (Wildman–Crippen LogP) is 6.55. The number of phenolic OH excluding ortho intramolecular Hbond substituents is 1. The molecule has 4 nitrogen and oxygen atoms in total. The van der Waals surface area contributed by atoms with Crippen molar-refractivity contribution in [1.29, 1.82) is 0 Å². The highest BCUT2D eigenvalue weighted by Crippen LogP contribution is 2.41. The van der Waals surface area contributed by atoms with Crippen molar-refractivity contribution >= 4 is 27.2 Å². The lowest BCUT2D eigenvalue weighted by Crippen LogP contribution is -2.02. The molecule has 1 aromatic heterocycles. The first kappa shape index (κ1) is 21.4. The summed E-state index contributed by atoms with van der Waals surface area (Å²) in [6.07, 6.45) is 0. The Hall–Kier alpha value is -3.31. The topological polar surface area (TPSA) is 55.8 Å². The Kier molecular flexibility index (Phi) is 6.75. The van der Waals surface area contributed by atoms with Crippen LogP contribution < -0.4 is 9.47 Å². The van der Waals surface area contributed by atoms with E-state index in [9.17, 15) is 9.90 Å². The molecule has 0 fully saturated rings. The number of rotatable bonds is 5. The quantitative estimate of drug-likeness (QED) is 0.372. The lowest BCUT2D eigenvalue weighted by atomic mass is 9.97. The highest BCUT2D eigenvalue weighted by atomic mass is 32.1. The minimum absolute atomic E-state index is 0.0813. The summed E-state index contributed by atoms with van der Waals surface area (Å²) in [6.45, 7) is 4.00.